The number of alkyl halides is 3. The van der Waals surface area contributed by atoms with Crippen LogP contribution in [0.1, 0.15) is 80.1 Å². The number of hydrogen-bond donors (Lipinski definition) is 2. The van der Waals surface area contributed by atoms with E-state index in [0.29, 0.717) is 30.6 Å². The monoisotopic (exact) mass is 434 g/mol. The first-order valence-corrected chi connectivity index (χ1v) is 10.9. The van der Waals surface area contributed by atoms with Crippen LogP contribution in [0.3, 0.4) is 0 Å². The second-order valence-electron chi connectivity index (χ2n) is 9.88. The molecule has 5 fully saturated rings. The third kappa shape index (κ3) is 2.79. The Labute approximate surface area is 177 Å². The summed E-state index contributed by atoms with van der Waals surface area (Å²) in [5, 5.41) is 4.45. The molecule has 0 spiro atoms. The van der Waals surface area contributed by atoms with Crippen molar-refractivity contribution >= 4 is 11.5 Å². The van der Waals surface area contributed by atoms with E-state index in [1.807, 2.05) is 17.1 Å². The van der Waals surface area contributed by atoms with Crippen molar-refractivity contribution in [1.82, 2.24) is 19.7 Å². The first-order chi connectivity index (χ1) is 14.7. The summed E-state index contributed by atoms with van der Waals surface area (Å²) in [6, 6.07) is 0.504. The summed E-state index contributed by atoms with van der Waals surface area (Å²) >= 11 is 0. The van der Waals surface area contributed by atoms with Crippen molar-refractivity contribution in [3.8, 4) is 0 Å². The van der Waals surface area contributed by atoms with Crippen molar-refractivity contribution in [2.45, 2.75) is 74.6 Å². The van der Waals surface area contributed by atoms with Crippen molar-refractivity contribution in [2.24, 2.45) is 5.41 Å². The highest BCUT2D eigenvalue weighted by Crippen LogP contribution is 2.78. The lowest BCUT2D eigenvalue weighted by Crippen LogP contribution is -2.70. The molecule has 2 atom stereocenters. The van der Waals surface area contributed by atoms with Gasteiger partial charge in [-0.05, 0) is 44.9 Å². The molecule has 3 heterocycles. The molecule has 2 aromatic rings. The summed E-state index contributed by atoms with van der Waals surface area (Å²) in [5.74, 6) is 0.736. The quantitative estimate of drug-likeness (QED) is 0.759. The third-order valence-electron chi connectivity index (χ3n) is 7.69. The number of hydrogen-bond acceptors (Lipinski definition) is 6. The van der Waals surface area contributed by atoms with E-state index in [4.69, 9.17) is 21.2 Å². The molecule has 1 saturated heterocycles. The van der Waals surface area contributed by atoms with Crippen molar-refractivity contribution < 1.29 is 17.9 Å². The number of ether oxygens (including phenoxy) is 1. The second kappa shape index (κ2) is 6.11. The maximum absolute atomic E-state index is 13.3. The zero-order valence-electron chi connectivity index (χ0n) is 17.0. The SMILES string of the molecule is Nc1nc([C@H]2CCO[C@@H](c3cnn(C4CC4)c3)C2)nc(C23CC(C(F)(F)F)(C2)C3)c1N. The van der Waals surface area contributed by atoms with E-state index in [1.165, 1.54) is 0 Å². The third-order valence-corrected chi connectivity index (χ3v) is 7.69. The highest BCUT2D eigenvalue weighted by Gasteiger charge is 2.79. The van der Waals surface area contributed by atoms with Crippen LogP contribution in [0.25, 0.3) is 0 Å². The van der Waals surface area contributed by atoms with Crippen LogP contribution in [0.4, 0.5) is 24.7 Å². The molecule has 0 unspecified atom stereocenters. The number of anilines is 2. The minimum absolute atomic E-state index is 0.00796. The summed E-state index contributed by atoms with van der Waals surface area (Å²) in [6.45, 7) is 0.551. The van der Waals surface area contributed by atoms with Crippen LogP contribution in [0.15, 0.2) is 12.4 Å². The molecule has 4 N–H and O–H groups in total. The normalized spacial score (nSPS) is 34.8. The molecular formula is C21H25F3N6O. The van der Waals surface area contributed by atoms with Crippen LogP contribution >= 0.6 is 0 Å². The van der Waals surface area contributed by atoms with Gasteiger partial charge in [0.05, 0.1) is 35.1 Å². The van der Waals surface area contributed by atoms with E-state index < -0.39 is 17.0 Å². The van der Waals surface area contributed by atoms with Crippen LogP contribution in [0.5, 0.6) is 0 Å². The highest BCUT2D eigenvalue weighted by atomic mass is 19.4. The Balaban J connectivity index is 1.24. The number of rotatable bonds is 4. The Morgan fingerprint density at radius 1 is 1.10 bits per heavy atom. The fraction of sp³-hybridized carbons (Fsp3) is 0.667. The molecule has 2 bridgehead atoms. The molecule has 0 aromatic carbocycles. The first kappa shape index (κ1) is 19.3. The number of halogens is 3. The van der Waals surface area contributed by atoms with Gasteiger partial charge in [0.25, 0.3) is 0 Å². The molecule has 166 valence electrons. The maximum atomic E-state index is 13.3. The van der Waals surface area contributed by atoms with Crippen LogP contribution in [0, 0.1) is 5.41 Å². The summed E-state index contributed by atoms with van der Waals surface area (Å²) in [5.41, 5.74) is 11.8. The number of nitrogen functional groups attached to an aromatic ring is 2. The average Bonchev–Trinajstić information content (AvgIpc) is 3.38. The predicted molar refractivity (Wildman–Crippen MR) is 106 cm³/mol. The van der Waals surface area contributed by atoms with Gasteiger partial charge in [-0.2, -0.15) is 18.3 Å². The lowest BCUT2D eigenvalue weighted by atomic mass is 9.34. The van der Waals surface area contributed by atoms with Gasteiger partial charge in [0.15, 0.2) is 5.82 Å². The minimum atomic E-state index is -4.18. The maximum Gasteiger partial charge on any atom is 0.394 e. The van der Waals surface area contributed by atoms with Crippen molar-refractivity contribution in [1.29, 1.82) is 0 Å². The zero-order chi connectivity index (χ0) is 21.6. The van der Waals surface area contributed by atoms with Crippen LogP contribution in [-0.4, -0.2) is 32.5 Å². The van der Waals surface area contributed by atoms with E-state index in [1.54, 1.807) is 0 Å². The van der Waals surface area contributed by atoms with Crippen molar-refractivity contribution in [3.05, 3.63) is 29.5 Å². The van der Waals surface area contributed by atoms with Crippen LogP contribution in [-0.2, 0) is 10.2 Å². The van der Waals surface area contributed by atoms with E-state index in [2.05, 4.69) is 10.1 Å². The van der Waals surface area contributed by atoms with Gasteiger partial charge in [-0.15, -0.1) is 0 Å². The number of nitrogens with zero attached hydrogens (tertiary/aromatic N) is 4. The van der Waals surface area contributed by atoms with Crippen LogP contribution in [0.2, 0.25) is 0 Å². The van der Waals surface area contributed by atoms with Gasteiger partial charge >= 0.3 is 6.18 Å². The molecule has 1 aliphatic heterocycles. The first-order valence-electron chi connectivity index (χ1n) is 10.9. The summed E-state index contributed by atoms with van der Waals surface area (Å²) in [7, 11) is 0. The minimum Gasteiger partial charge on any atom is -0.394 e. The molecular weight excluding hydrogens is 409 g/mol. The number of nitrogens with two attached hydrogens (primary N) is 2. The fourth-order valence-electron chi connectivity index (χ4n) is 5.75. The summed E-state index contributed by atoms with van der Waals surface area (Å²) in [4.78, 5) is 9.14. The molecule has 0 radical (unpaired) electrons. The molecule has 31 heavy (non-hydrogen) atoms. The van der Waals surface area contributed by atoms with Crippen molar-refractivity contribution in [2.75, 3.05) is 18.1 Å². The van der Waals surface area contributed by atoms with Crippen molar-refractivity contribution in [3.63, 3.8) is 0 Å². The molecule has 0 amide bonds. The van der Waals surface area contributed by atoms with E-state index in [-0.39, 0.29) is 42.8 Å². The molecule has 10 heteroatoms. The Kier molecular flexibility index (Phi) is 3.81. The van der Waals surface area contributed by atoms with Crippen LogP contribution < -0.4 is 11.5 Å². The van der Waals surface area contributed by atoms with E-state index in [0.717, 1.165) is 24.8 Å². The van der Waals surface area contributed by atoms with Gasteiger partial charge in [-0.3, -0.25) is 4.68 Å². The average molecular weight is 434 g/mol. The van der Waals surface area contributed by atoms with Gasteiger partial charge < -0.3 is 16.2 Å². The molecule has 4 saturated carbocycles. The molecule has 2 aromatic heterocycles. The van der Waals surface area contributed by atoms with E-state index >= 15 is 0 Å². The Hall–Kier alpha value is -2.36. The van der Waals surface area contributed by atoms with Gasteiger partial charge in [0, 0.05) is 29.7 Å². The Morgan fingerprint density at radius 2 is 1.84 bits per heavy atom. The zero-order valence-corrected chi connectivity index (χ0v) is 17.0. The molecule has 7 nitrogen and oxygen atoms in total. The van der Waals surface area contributed by atoms with Gasteiger partial charge in [-0.25, -0.2) is 9.97 Å². The molecule has 5 aliphatic rings. The number of aromatic nitrogens is 4. The fourth-order valence-corrected chi connectivity index (χ4v) is 5.75. The molecule has 7 rings (SSSR count). The van der Waals surface area contributed by atoms with Gasteiger partial charge in [-0.1, -0.05) is 0 Å². The molecule has 4 aliphatic carbocycles. The van der Waals surface area contributed by atoms with E-state index in [9.17, 15) is 13.2 Å². The van der Waals surface area contributed by atoms with Gasteiger partial charge in [0.1, 0.15) is 5.82 Å². The summed E-state index contributed by atoms with van der Waals surface area (Å²) in [6.07, 6.45) is 3.47. The second-order valence-corrected chi connectivity index (χ2v) is 9.88. The Bertz CT molecular complexity index is 1030. The largest absolute Gasteiger partial charge is 0.394 e. The lowest BCUT2D eigenvalue weighted by molar-refractivity contribution is -0.337. The highest BCUT2D eigenvalue weighted by molar-refractivity contribution is 5.65. The predicted octanol–water partition coefficient (Wildman–Crippen LogP) is 3.79. The van der Waals surface area contributed by atoms with Gasteiger partial charge in [0.2, 0.25) is 0 Å². The lowest BCUT2D eigenvalue weighted by Gasteiger charge is -2.70. The summed E-state index contributed by atoms with van der Waals surface area (Å²) < 4.78 is 47.9. The Morgan fingerprint density at radius 3 is 2.52 bits per heavy atom. The topological polar surface area (TPSA) is 105 Å². The smallest absolute Gasteiger partial charge is 0.394 e. The standard InChI is InChI=1S/C21H25F3N6O/c22-21(23,24)20-8-19(9-20,10-20)16-15(25)17(26)29-18(28-16)11-3-4-31-14(5-11)12-6-27-30(7-12)13-1-2-13/h6-7,11,13-14H,1-5,8-10,25H2,(H2,26,28,29)/t11-,14+,19?,20?/m0/s1.